The zero-order chi connectivity index (χ0) is 13.6. The van der Waals surface area contributed by atoms with E-state index in [1.165, 1.54) is 12.8 Å². The monoisotopic (exact) mass is 255 g/mol. The molecule has 0 radical (unpaired) electrons. The van der Waals surface area contributed by atoms with Gasteiger partial charge in [-0.3, -0.25) is 9.69 Å². The first-order chi connectivity index (χ1) is 8.46. The normalized spacial score (nSPS) is 18.9. The highest BCUT2D eigenvalue weighted by atomic mass is 16.2. The molecule has 0 aromatic heterocycles. The Morgan fingerprint density at radius 1 is 1.39 bits per heavy atom. The Labute approximate surface area is 111 Å². The number of carbonyl (C=O) groups excluding carboxylic acids is 1. The van der Waals surface area contributed by atoms with Gasteiger partial charge in [-0.1, -0.05) is 6.92 Å². The lowest BCUT2D eigenvalue weighted by atomic mass is 9.93. The Morgan fingerprint density at radius 2 is 2.00 bits per heavy atom. The van der Waals surface area contributed by atoms with Gasteiger partial charge in [0.15, 0.2) is 0 Å². The first kappa shape index (κ1) is 15.4. The van der Waals surface area contributed by atoms with Crippen LogP contribution in [0.2, 0.25) is 0 Å². The van der Waals surface area contributed by atoms with Gasteiger partial charge in [0, 0.05) is 5.54 Å². The van der Waals surface area contributed by atoms with Gasteiger partial charge in [-0.15, -0.1) is 0 Å². The quantitative estimate of drug-likeness (QED) is 0.753. The van der Waals surface area contributed by atoms with Crippen LogP contribution in [0.15, 0.2) is 0 Å². The second-order valence-corrected chi connectivity index (χ2v) is 6.08. The summed E-state index contributed by atoms with van der Waals surface area (Å²) in [5.74, 6) is 0.917. The van der Waals surface area contributed by atoms with Crippen molar-refractivity contribution >= 4 is 5.91 Å². The van der Waals surface area contributed by atoms with Crippen molar-refractivity contribution in [3.8, 4) is 0 Å². The summed E-state index contributed by atoms with van der Waals surface area (Å²) >= 11 is 0. The van der Waals surface area contributed by atoms with Crippen molar-refractivity contribution in [3.63, 3.8) is 0 Å². The van der Waals surface area contributed by atoms with Crippen molar-refractivity contribution in [2.45, 2.75) is 52.0 Å². The standard InChI is InChI=1S/C14H29N3O/c1-4-14(2,3)16-13(18)11-17-9-6-12(5-8-15)7-10-17/h12H,4-11,15H2,1-3H3,(H,16,18). The van der Waals surface area contributed by atoms with Gasteiger partial charge in [0.1, 0.15) is 0 Å². The van der Waals surface area contributed by atoms with E-state index in [0.29, 0.717) is 6.54 Å². The highest BCUT2D eigenvalue weighted by molar-refractivity contribution is 5.78. The van der Waals surface area contributed by atoms with Crippen molar-refractivity contribution in [1.29, 1.82) is 0 Å². The first-order valence-electron chi connectivity index (χ1n) is 7.20. The fourth-order valence-electron chi connectivity index (χ4n) is 2.38. The predicted molar refractivity (Wildman–Crippen MR) is 75.3 cm³/mol. The lowest BCUT2D eigenvalue weighted by Gasteiger charge is -2.32. The van der Waals surface area contributed by atoms with Gasteiger partial charge < -0.3 is 11.1 Å². The molecule has 0 atom stereocenters. The van der Waals surface area contributed by atoms with Gasteiger partial charge in [0.05, 0.1) is 6.54 Å². The van der Waals surface area contributed by atoms with E-state index in [1.807, 2.05) is 0 Å². The minimum atomic E-state index is -0.0883. The van der Waals surface area contributed by atoms with Gasteiger partial charge in [0.25, 0.3) is 0 Å². The number of hydrogen-bond acceptors (Lipinski definition) is 3. The maximum absolute atomic E-state index is 11.9. The fraction of sp³-hybridized carbons (Fsp3) is 0.929. The number of amides is 1. The molecule has 106 valence electrons. The van der Waals surface area contributed by atoms with E-state index in [2.05, 4.69) is 31.0 Å². The van der Waals surface area contributed by atoms with E-state index < -0.39 is 0 Å². The summed E-state index contributed by atoms with van der Waals surface area (Å²) in [5, 5.41) is 3.09. The number of rotatable bonds is 6. The molecule has 1 heterocycles. The maximum Gasteiger partial charge on any atom is 0.234 e. The fourth-order valence-corrected chi connectivity index (χ4v) is 2.38. The maximum atomic E-state index is 11.9. The van der Waals surface area contributed by atoms with Crippen LogP contribution < -0.4 is 11.1 Å². The van der Waals surface area contributed by atoms with Gasteiger partial charge in [-0.05, 0) is 65.1 Å². The molecule has 0 bridgehead atoms. The Bertz CT molecular complexity index is 258. The number of piperidine rings is 1. The summed E-state index contributed by atoms with van der Waals surface area (Å²) in [7, 11) is 0. The van der Waals surface area contributed by atoms with E-state index in [0.717, 1.165) is 38.4 Å². The lowest BCUT2D eigenvalue weighted by Crippen LogP contribution is -2.48. The molecule has 0 aliphatic carbocycles. The number of nitrogens with zero attached hydrogens (tertiary/aromatic N) is 1. The molecule has 4 heteroatoms. The Morgan fingerprint density at radius 3 is 2.50 bits per heavy atom. The zero-order valence-corrected chi connectivity index (χ0v) is 12.2. The third-order valence-electron chi connectivity index (χ3n) is 4.01. The van der Waals surface area contributed by atoms with Crippen LogP contribution in [0.5, 0.6) is 0 Å². The van der Waals surface area contributed by atoms with Crippen molar-refractivity contribution in [1.82, 2.24) is 10.2 Å². The van der Waals surface area contributed by atoms with Gasteiger partial charge in [-0.2, -0.15) is 0 Å². The summed E-state index contributed by atoms with van der Waals surface area (Å²) in [6.45, 7) is 9.62. The minimum absolute atomic E-state index is 0.0883. The molecule has 0 spiro atoms. The molecule has 0 saturated carbocycles. The van der Waals surface area contributed by atoms with Crippen LogP contribution in [0.4, 0.5) is 0 Å². The summed E-state index contributed by atoms with van der Waals surface area (Å²) < 4.78 is 0. The number of nitrogens with two attached hydrogens (primary N) is 1. The highest BCUT2D eigenvalue weighted by Gasteiger charge is 2.23. The summed E-state index contributed by atoms with van der Waals surface area (Å²) in [6, 6.07) is 0. The van der Waals surface area contributed by atoms with Crippen molar-refractivity contribution in [2.75, 3.05) is 26.2 Å². The lowest BCUT2D eigenvalue weighted by molar-refractivity contribution is -0.124. The molecule has 1 aliphatic rings. The average Bonchev–Trinajstić information content (AvgIpc) is 2.31. The van der Waals surface area contributed by atoms with Crippen LogP contribution >= 0.6 is 0 Å². The van der Waals surface area contributed by atoms with Crippen LogP contribution in [0.25, 0.3) is 0 Å². The van der Waals surface area contributed by atoms with Crippen LogP contribution in [0.3, 0.4) is 0 Å². The molecule has 1 rings (SSSR count). The number of hydrogen-bond donors (Lipinski definition) is 2. The van der Waals surface area contributed by atoms with Crippen LogP contribution in [0.1, 0.15) is 46.5 Å². The van der Waals surface area contributed by atoms with E-state index in [9.17, 15) is 4.79 Å². The summed E-state index contributed by atoms with van der Waals surface area (Å²) in [6.07, 6.45) is 4.45. The van der Waals surface area contributed by atoms with E-state index >= 15 is 0 Å². The van der Waals surface area contributed by atoms with Crippen LogP contribution in [-0.2, 0) is 4.79 Å². The predicted octanol–water partition coefficient (Wildman–Crippen LogP) is 1.35. The molecule has 1 amide bonds. The Kier molecular flexibility index (Phi) is 6.09. The second-order valence-electron chi connectivity index (χ2n) is 6.08. The van der Waals surface area contributed by atoms with Gasteiger partial charge >= 0.3 is 0 Å². The molecule has 0 unspecified atom stereocenters. The second kappa shape index (κ2) is 7.10. The molecular weight excluding hydrogens is 226 g/mol. The van der Waals surface area contributed by atoms with Crippen molar-refractivity contribution in [2.24, 2.45) is 11.7 Å². The zero-order valence-electron chi connectivity index (χ0n) is 12.2. The first-order valence-corrected chi connectivity index (χ1v) is 7.20. The molecule has 4 nitrogen and oxygen atoms in total. The molecule has 18 heavy (non-hydrogen) atoms. The summed E-state index contributed by atoms with van der Waals surface area (Å²) in [5.41, 5.74) is 5.49. The van der Waals surface area contributed by atoms with E-state index in [-0.39, 0.29) is 11.4 Å². The molecule has 1 fully saturated rings. The number of likely N-dealkylation sites (tertiary alicyclic amines) is 1. The molecule has 3 N–H and O–H groups in total. The van der Waals surface area contributed by atoms with Gasteiger partial charge in [0.2, 0.25) is 5.91 Å². The molecule has 1 aliphatic heterocycles. The SMILES string of the molecule is CCC(C)(C)NC(=O)CN1CCC(CCN)CC1. The highest BCUT2D eigenvalue weighted by Crippen LogP contribution is 2.19. The van der Waals surface area contributed by atoms with Gasteiger partial charge in [-0.25, -0.2) is 0 Å². The van der Waals surface area contributed by atoms with Crippen LogP contribution in [-0.4, -0.2) is 42.5 Å². The topological polar surface area (TPSA) is 58.4 Å². The smallest absolute Gasteiger partial charge is 0.234 e. The van der Waals surface area contributed by atoms with Crippen molar-refractivity contribution < 1.29 is 4.79 Å². The number of nitrogens with one attached hydrogen (secondary N) is 1. The average molecular weight is 255 g/mol. The van der Waals surface area contributed by atoms with Crippen molar-refractivity contribution in [3.05, 3.63) is 0 Å². The third kappa shape index (κ3) is 5.36. The minimum Gasteiger partial charge on any atom is -0.350 e. The molecule has 0 aromatic rings. The Balaban J connectivity index is 2.26. The third-order valence-corrected chi connectivity index (χ3v) is 4.01. The molecule has 1 saturated heterocycles. The largest absolute Gasteiger partial charge is 0.350 e. The molecule has 0 aromatic carbocycles. The van der Waals surface area contributed by atoms with E-state index in [4.69, 9.17) is 5.73 Å². The molecular formula is C14H29N3O. The van der Waals surface area contributed by atoms with E-state index in [1.54, 1.807) is 0 Å². The Hall–Kier alpha value is -0.610. The summed E-state index contributed by atoms with van der Waals surface area (Å²) in [4.78, 5) is 14.2. The van der Waals surface area contributed by atoms with Crippen LogP contribution in [0, 0.1) is 5.92 Å². The number of carbonyl (C=O) groups is 1.